The molecule has 2 heterocycles. The predicted molar refractivity (Wildman–Crippen MR) is 99.0 cm³/mol. The normalized spacial score (nSPS) is 10.7. The van der Waals surface area contributed by atoms with Gasteiger partial charge < -0.3 is 10.1 Å². The van der Waals surface area contributed by atoms with E-state index in [-0.39, 0.29) is 5.91 Å². The molecule has 2 aromatic heterocycles. The van der Waals surface area contributed by atoms with Gasteiger partial charge in [0.1, 0.15) is 10.6 Å². The van der Waals surface area contributed by atoms with Crippen molar-refractivity contribution in [3.05, 3.63) is 52.3 Å². The number of hydrogen-bond acceptors (Lipinski definition) is 5. The number of anilines is 1. The molecule has 0 spiro atoms. The summed E-state index contributed by atoms with van der Waals surface area (Å²) in [5.41, 5.74) is 3.32. The van der Waals surface area contributed by atoms with Gasteiger partial charge >= 0.3 is 0 Å². The monoisotopic (exact) mass is 356 g/mol. The maximum Gasteiger partial charge on any atom is 0.267 e. The van der Waals surface area contributed by atoms with Crippen LogP contribution in [0.3, 0.4) is 0 Å². The number of carbonyl (C=O) groups excluding carboxylic acids is 1. The summed E-state index contributed by atoms with van der Waals surface area (Å²) in [6.07, 6.45) is 0. The minimum absolute atomic E-state index is 0.174. The summed E-state index contributed by atoms with van der Waals surface area (Å²) in [6.45, 7) is 8.28. The van der Waals surface area contributed by atoms with Gasteiger partial charge in [0.15, 0.2) is 0 Å². The van der Waals surface area contributed by atoms with Crippen LogP contribution < -0.4 is 10.1 Å². The number of carbonyl (C=O) groups is 1. The first-order valence-corrected chi connectivity index (χ1v) is 8.85. The minimum Gasteiger partial charge on any atom is -0.494 e. The summed E-state index contributed by atoms with van der Waals surface area (Å²) in [5.74, 6) is 0.605. The standard InChI is InChI=1S/C18H20N4O2S/c1-5-24-15-8-6-14(7-9-15)20-17(23)16-13(4)19-18(25-16)22-12(3)10-11(2)21-22/h6-10H,5H2,1-4H3,(H,20,23). The second-order valence-electron chi connectivity index (χ2n) is 5.66. The molecule has 1 N–H and O–H groups in total. The molecule has 25 heavy (non-hydrogen) atoms. The third kappa shape index (κ3) is 3.71. The Hall–Kier alpha value is -2.67. The number of benzene rings is 1. The molecule has 130 valence electrons. The Bertz CT molecular complexity index is 896. The molecule has 0 saturated heterocycles. The minimum atomic E-state index is -0.174. The molecular formula is C18H20N4O2S. The topological polar surface area (TPSA) is 69.0 Å². The van der Waals surface area contributed by atoms with E-state index in [1.54, 1.807) is 4.68 Å². The number of thiazole rings is 1. The Labute approximate surface area is 150 Å². The van der Waals surface area contributed by atoms with E-state index in [1.807, 2.05) is 58.0 Å². The van der Waals surface area contributed by atoms with Crippen LogP contribution in [0.25, 0.3) is 5.13 Å². The van der Waals surface area contributed by atoms with Crippen LogP contribution in [-0.2, 0) is 0 Å². The van der Waals surface area contributed by atoms with Gasteiger partial charge in [0, 0.05) is 11.4 Å². The lowest BCUT2D eigenvalue weighted by molar-refractivity contribution is 0.103. The van der Waals surface area contributed by atoms with Crippen LogP contribution in [0.5, 0.6) is 5.75 Å². The first-order chi connectivity index (χ1) is 12.0. The van der Waals surface area contributed by atoms with Gasteiger partial charge in [0.05, 0.1) is 18.0 Å². The quantitative estimate of drug-likeness (QED) is 0.753. The molecule has 0 unspecified atom stereocenters. The maximum absolute atomic E-state index is 12.6. The average Bonchev–Trinajstić information content (AvgIpc) is 3.11. The van der Waals surface area contributed by atoms with Crippen LogP contribution in [-0.4, -0.2) is 27.3 Å². The molecule has 1 aromatic carbocycles. The first-order valence-electron chi connectivity index (χ1n) is 8.03. The average molecular weight is 356 g/mol. The third-order valence-electron chi connectivity index (χ3n) is 3.61. The number of nitrogens with one attached hydrogen (secondary N) is 1. The first kappa shape index (κ1) is 17.2. The third-order valence-corrected chi connectivity index (χ3v) is 4.74. The lowest BCUT2D eigenvalue weighted by Crippen LogP contribution is -2.11. The summed E-state index contributed by atoms with van der Waals surface area (Å²) >= 11 is 1.33. The summed E-state index contributed by atoms with van der Waals surface area (Å²) in [5, 5.41) is 8.02. The van der Waals surface area contributed by atoms with Gasteiger partial charge in [-0.2, -0.15) is 5.10 Å². The molecule has 1 amide bonds. The van der Waals surface area contributed by atoms with Crippen molar-refractivity contribution in [2.24, 2.45) is 0 Å². The molecule has 0 aliphatic rings. The van der Waals surface area contributed by atoms with Gasteiger partial charge in [-0.1, -0.05) is 11.3 Å². The number of aromatic nitrogens is 3. The van der Waals surface area contributed by atoms with E-state index in [2.05, 4.69) is 15.4 Å². The smallest absolute Gasteiger partial charge is 0.267 e. The molecule has 0 saturated carbocycles. The number of rotatable bonds is 5. The van der Waals surface area contributed by atoms with Gasteiger partial charge in [-0.3, -0.25) is 4.79 Å². The Kier molecular flexibility index (Phi) is 4.85. The lowest BCUT2D eigenvalue weighted by Gasteiger charge is -2.06. The Balaban J connectivity index is 1.79. The van der Waals surface area contributed by atoms with Gasteiger partial charge in [-0.25, -0.2) is 9.67 Å². The maximum atomic E-state index is 12.6. The highest BCUT2D eigenvalue weighted by Crippen LogP contribution is 2.24. The van der Waals surface area contributed by atoms with E-state index in [4.69, 9.17) is 4.74 Å². The Morgan fingerprint density at radius 3 is 2.56 bits per heavy atom. The number of ether oxygens (including phenoxy) is 1. The zero-order valence-electron chi connectivity index (χ0n) is 14.7. The van der Waals surface area contributed by atoms with Gasteiger partial charge in [0.2, 0.25) is 5.13 Å². The predicted octanol–water partition coefficient (Wildman–Crippen LogP) is 3.91. The van der Waals surface area contributed by atoms with Crippen LogP contribution in [0.4, 0.5) is 5.69 Å². The van der Waals surface area contributed by atoms with Crippen LogP contribution in [0.15, 0.2) is 30.3 Å². The largest absolute Gasteiger partial charge is 0.494 e. The van der Waals surface area contributed by atoms with Crippen LogP contribution in [0.2, 0.25) is 0 Å². The van der Waals surface area contributed by atoms with E-state index in [9.17, 15) is 4.79 Å². The van der Waals surface area contributed by atoms with Crippen molar-refractivity contribution < 1.29 is 9.53 Å². The molecule has 0 fully saturated rings. The molecule has 7 heteroatoms. The zero-order valence-corrected chi connectivity index (χ0v) is 15.5. The molecule has 0 aliphatic heterocycles. The van der Waals surface area contributed by atoms with Crippen LogP contribution >= 0.6 is 11.3 Å². The molecule has 3 aromatic rings. The number of nitrogens with zero attached hydrogens (tertiary/aromatic N) is 3. The fraction of sp³-hybridized carbons (Fsp3) is 0.278. The number of amides is 1. The van der Waals surface area contributed by atoms with Gasteiger partial charge in [-0.05, 0) is 58.0 Å². The van der Waals surface area contributed by atoms with Crippen molar-refractivity contribution in [3.63, 3.8) is 0 Å². The second kappa shape index (κ2) is 7.06. The fourth-order valence-corrected chi connectivity index (χ4v) is 3.47. The van der Waals surface area contributed by atoms with Crippen molar-refractivity contribution in [1.29, 1.82) is 0 Å². The van der Waals surface area contributed by atoms with E-state index in [0.29, 0.717) is 28.0 Å². The van der Waals surface area contributed by atoms with Crippen LogP contribution in [0.1, 0.15) is 33.7 Å². The van der Waals surface area contributed by atoms with E-state index < -0.39 is 0 Å². The molecule has 0 atom stereocenters. The number of aryl methyl sites for hydroxylation is 3. The highest BCUT2D eigenvalue weighted by molar-refractivity contribution is 7.16. The summed E-state index contributed by atoms with van der Waals surface area (Å²) in [4.78, 5) is 17.7. The summed E-state index contributed by atoms with van der Waals surface area (Å²) in [6, 6.07) is 9.29. The molecule has 6 nitrogen and oxygen atoms in total. The second-order valence-corrected chi connectivity index (χ2v) is 6.64. The molecule has 0 radical (unpaired) electrons. The summed E-state index contributed by atoms with van der Waals surface area (Å²) < 4.78 is 7.17. The summed E-state index contributed by atoms with van der Waals surface area (Å²) in [7, 11) is 0. The van der Waals surface area contributed by atoms with Gasteiger partial charge in [0.25, 0.3) is 5.91 Å². The zero-order chi connectivity index (χ0) is 18.0. The molecule has 3 rings (SSSR count). The molecular weight excluding hydrogens is 336 g/mol. The van der Waals surface area contributed by atoms with Crippen molar-refractivity contribution in [3.8, 4) is 10.9 Å². The highest BCUT2D eigenvalue weighted by atomic mass is 32.1. The molecule has 0 bridgehead atoms. The van der Waals surface area contributed by atoms with E-state index in [0.717, 1.165) is 17.1 Å². The van der Waals surface area contributed by atoms with Gasteiger partial charge in [-0.15, -0.1) is 0 Å². The SMILES string of the molecule is CCOc1ccc(NC(=O)c2sc(-n3nc(C)cc3C)nc2C)cc1. The Morgan fingerprint density at radius 2 is 1.96 bits per heavy atom. The Morgan fingerprint density at radius 1 is 1.24 bits per heavy atom. The van der Waals surface area contributed by atoms with Crippen LogP contribution in [0, 0.1) is 20.8 Å². The van der Waals surface area contributed by atoms with Crippen molar-refractivity contribution in [2.45, 2.75) is 27.7 Å². The molecule has 0 aliphatic carbocycles. The fourth-order valence-electron chi connectivity index (χ4n) is 2.50. The van der Waals surface area contributed by atoms with Crippen molar-refractivity contribution in [1.82, 2.24) is 14.8 Å². The van der Waals surface area contributed by atoms with Crippen molar-refractivity contribution >= 4 is 22.9 Å². The van der Waals surface area contributed by atoms with E-state index >= 15 is 0 Å². The highest BCUT2D eigenvalue weighted by Gasteiger charge is 2.18. The lowest BCUT2D eigenvalue weighted by atomic mass is 10.3. The number of hydrogen-bond donors (Lipinski definition) is 1. The van der Waals surface area contributed by atoms with E-state index in [1.165, 1.54) is 11.3 Å². The van der Waals surface area contributed by atoms with Crippen molar-refractivity contribution in [2.75, 3.05) is 11.9 Å².